The Morgan fingerprint density at radius 2 is 2.09 bits per heavy atom. The van der Waals surface area contributed by atoms with Gasteiger partial charge in [-0.1, -0.05) is 0 Å². The molecule has 0 radical (unpaired) electrons. The average Bonchev–Trinajstić information content (AvgIpc) is 2.97. The van der Waals surface area contributed by atoms with Crippen LogP contribution >= 0.6 is 11.3 Å². The van der Waals surface area contributed by atoms with Gasteiger partial charge in [-0.25, -0.2) is 15.0 Å². The summed E-state index contributed by atoms with van der Waals surface area (Å²) in [5.41, 5.74) is 16.9. The molecular formula is C12H15N7O2S. The van der Waals surface area contributed by atoms with Crippen LogP contribution in [0.1, 0.15) is 43.7 Å². The van der Waals surface area contributed by atoms with Crippen molar-refractivity contribution in [3.63, 3.8) is 0 Å². The maximum Gasteiger partial charge on any atom is 0.270 e. The number of nitrogens with zero attached hydrogens (tertiary/aromatic N) is 3. The van der Waals surface area contributed by atoms with Crippen LogP contribution in [0.4, 0.5) is 5.82 Å². The van der Waals surface area contributed by atoms with Gasteiger partial charge >= 0.3 is 0 Å². The minimum absolute atomic E-state index is 0.0485. The zero-order chi connectivity index (χ0) is 16.3. The van der Waals surface area contributed by atoms with Crippen molar-refractivity contribution in [2.24, 2.45) is 11.5 Å². The van der Waals surface area contributed by atoms with E-state index in [9.17, 15) is 9.59 Å². The predicted molar refractivity (Wildman–Crippen MR) is 80.8 cm³/mol. The first-order valence-corrected chi connectivity index (χ1v) is 7.11. The Kier molecular flexibility index (Phi) is 4.63. The maximum absolute atomic E-state index is 12.3. The predicted octanol–water partition coefficient (Wildman–Crippen LogP) is -0.436. The van der Waals surface area contributed by atoms with Crippen LogP contribution < -0.4 is 22.5 Å². The van der Waals surface area contributed by atoms with E-state index >= 15 is 0 Å². The van der Waals surface area contributed by atoms with E-state index in [2.05, 4.69) is 20.3 Å². The fourth-order valence-electron chi connectivity index (χ4n) is 1.75. The standard InChI is InChI=1S/C12H15N7O2S/c1-5(12-16-3-7(22-12)10(15)20)19-11(21)8-6(2-13)9(14)18-4-17-8/h3-5H,2,13H2,1H3,(H2,15,20)(H,19,21)(H2,14,17,18). The minimum Gasteiger partial charge on any atom is -0.383 e. The fraction of sp³-hybridized carbons (Fsp3) is 0.250. The second kappa shape index (κ2) is 6.45. The number of amides is 2. The molecule has 0 bridgehead atoms. The molecular weight excluding hydrogens is 306 g/mol. The van der Waals surface area contributed by atoms with Gasteiger partial charge in [0, 0.05) is 12.1 Å². The van der Waals surface area contributed by atoms with Crippen molar-refractivity contribution < 1.29 is 9.59 Å². The van der Waals surface area contributed by atoms with Crippen LogP contribution in [-0.2, 0) is 6.54 Å². The van der Waals surface area contributed by atoms with E-state index < -0.39 is 17.9 Å². The van der Waals surface area contributed by atoms with E-state index in [1.54, 1.807) is 6.92 Å². The van der Waals surface area contributed by atoms with Crippen molar-refractivity contribution in [2.75, 3.05) is 5.73 Å². The third-order valence-corrected chi connectivity index (χ3v) is 4.08. The molecule has 2 aromatic heterocycles. The Hall–Kier alpha value is -2.59. The molecule has 2 amide bonds. The first kappa shape index (κ1) is 15.8. The van der Waals surface area contributed by atoms with E-state index in [-0.39, 0.29) is 18.1 Å². The number of hydrogen-bond acceptors (Lipinski definition) is 8. The zero-order valence-electron chi connectivity index (χ0n) is 11.7. The van der Waals surface area contributed by atoms with E-state index in [0.717, 1.165) is 11.3 Å². The third-order valence-electron chi connectivity index (χ3n) is 2.88. The molecule has 0 aliphatic heterocycles. The molecule has 0 fully saturated rings. The molecule has 0 aliphatic carbocycles. The molecule has 2 aromatic rings. The summed E-state index contributed by atoms with van der Waals surface area (Å²) in [5.74, 6) is -0.838. The molecule has 22 heavy (non-hydrogen) atoms. The summed E-state index contributed by atoms with van der Waals surface area (Å²) in [6.07, 6.45) is 2.57. The quantitative estimate of drug-likeness (QED) is 0.580. The lowest BCUT2D eigenvalue weighted by atomic mass is 10.2. The van der Waals surface area contributed by atoms with E-state index in [0.29, 0.717) is 15.4 Å². The Balaban J connectivity index is 2.17. The molecule has 0 aliphatic rings. The Labute approximate surface area is 130 Å². The molecule has 116 valence electrons. The van der Waals surface area contributed by atoms with E-state index in [4.69, 9.17) is 17.2 Å². The van der Waals surface area contributed by atoms with Crippen molar-refractivity contribution in [3.8, 4) is 0 Å². The second-order valence-electron chi connectivity index (χ2n) is 4.41. The van der Waals surface area contributed by atoms with Crippen LogP contribution in [0.25, 0.3) is 0 Å². The second-order valence-corrected chi connectivity index (χ2v) is 5.47. The highest BCUT2D eigenvalue weighted by molar-refractivity contribution is 7.13. The number of anilines is 1. The summed E-state index contributed by atoms with van der Waals surface area (Å²) in [7, 11) is 0. The molecule has 0 aromatic carbocycles. The van der Waals surface area contributed by atoms with Gasteiger partial charge in [-0.15, -0.1) is 11.3 Å². The number of hydrogen-bond donors (Lipinski definition) is 4. The highest BCUT2D eigenvalue weighted by Crippen LogP contribution is 2.20. The van der Waals surface area contributed by atoms with Crippen LogP contribution in [0.5, 0.6) is 0 Å². The van der Waals surface area contributed by atoms with Crippen molar-refractivity contribution in [1.29, 1.82) is 0 Å². The molecule has 10 heteroatoms. The summed E-state index contributed by atoms with van der Waals surface area (Å²) in [5, 5.41) is 3.28. The molecule has 7 N–H and O–H groups in total. The summed E-state index contributed by atoms with van der Waals surface area (Å²) in [4.78, 5) is 35.4. The maximum atomic E-state index is 12.3. The van der Waals surface area contributed by atoms with Gasteiger partial charge in [-0.05, 0) is 6.92 Å². The van der Waals surface area contributed by atoms with Crippen molar-refractivity contribution >= 4 is 29.0 Å². The molecule has 0 spiro atoms. The molecule has 0 saturated carbocycles. The number of primary amides is 1. The number of nitrogens with two attached hydrogens (primary N) is 3. The highest BCUT2D eigenvalue weighted by Gasteiger charge is 2.20. The van der Waals surface area contributed by atoms with Crippen molar-refractivity contribution in [2.45, 2.75) is 19.5 Å². The fourth-order valence-corrected chi connectivity index (χ4v) is 2.52. The van der Waals surface area contributed by atoms with Crippen molar-refractivity contribution in [1.82, 2.24) is 20.3 Å². The van der Waals surface area contributed by atoms with Gasteiger partial charge in [0.05, 0.1) is 12.2 Å². The summed E-state index contributed by atoms with van der Waals surface area (Å²) < 4.78 is 0. The molecule has 1 unspecified atom stereocenters. The lowest BCUT2D eigenvalue weighted by molar-refractivity contribution is 0.0932. The van der Waals surface area contributed by atoms with Gasteiger partial charge in [-0.2, -0.15) is 0 Å². The number of thiazole rings is 1. The molecule has 0 saturated heterocycles. The molecule has 2 rings (SSSR count). The first-order valence-electron chi connectivity index (χ1n) is 6.29. The van der Waals surface area contributed by atoms with Gasteiger partial charge < -0.3 is 22.5 Å². The first-order chi connectivity index (χ1) is 10.4. The number of nitrogen functional groups attached to an aromatic ring is 1. The number of rotatable bonds is 5. The van der Waals surface area contributed by atoms with Crippen LogP contribution in [0, 0.1) is 0 Å². The smallest absolute Gasteiger partial charge is 0.270 e. The van der Waals surface area contributed by atoms with Crippen LogP contribution in [0.15, 0.2) is 12.5 Å². The van der Waals surface area contributed by atoms with Crippen LogP contribution in [0.3, 0.4) is 0 Å². The van der Waals surface area contributed by atoms with Gasteiger partial charge in [0.2, 0.25) is 0 Å². The summed E-state index contributed by atoms with van der Waals surface area (Å²) >= 11 is 1.12. The van der Waals surface area contributed by atoms with Crippen LogP contribution in [-0.4, -0.2) is 26.8 Å². The topological polar surface area (TPSA) is 163 Å². The highest BCUT2D eigenvalue weighted by atomic mass is 32.1. The van der Waals surface area contributed by atoms with E-state index in [1.165, 1.54) is 12.5 Å². The summed E-state index contributed by atoms with van der Waals surface area (Å²) in [6, 6.07) is -0.424. The molecule has 2 heterocycles. The van der Waals surface area contributed by atoms with E-state index in [1.807, 2.05) is 0 Å². The number of carbonyl (C=O) groups excluding carboxylic acids is 2. The van der Waals surface area contributed by atoms with Crippen molar-refractivity contribution in [3.05, 3.63) is 33.7 Å². The normalized spacial score (nSPS) is 11.9. The van der Waals surface area contributed by atoms with Crippen LogP contribution in [0.2, 0.25) is 0 Å². The minimum atomic E-state index is -0.559. The Morgan fingerprint density at radius 1 is 1.36 bits per heavy atom. The lowest BCUT2D eigenvalue weighted by Gasteiger charge is -2.13. The average molecular weight is 321 g/mol. The van der Waals surface area contributed by atoms with Gasteiger partial charge in [0.15, 0.2) is 0 Å². The van der Waals surface area contributed by atoms with Gasteiger partial charge in [0.1, 0.15) is 27.7 Å². The number of nitrogens with one attached hydrogen (secondary N) is 1. The molecule has 1 atom stereocenters. The molecule has 9 nitrogen and oxygen atoms in total. The Bertz CT molecular complexity index is 715. The Morgan fingerprint density at radius 3 is 2.68 bits per heavy atom. The summed E-state index contributed by atoms with van der Waals surface area (Å²) in [6.45, 7) is 1.78. The largest absolute Gasteiger partial charge is 0.383 e. The van der Waals surface area contributed by atoms with Gasteiger partial charge in [0.25, 0.3) is 11.8 Å². The lowest BCUT2D eigenvalue weighted by Crippen LogP contribution is -2.29. The SMILES string of the molecule is CC(NC(=O)c1ncnc(N)c1CN)c1ncc(C(N)=O)s1. The monoisotopic (exact) mass is 321 g/mol. The van der Waals surface area contributed by atoms with Gasteiger partial charge in [-0.3, -0.25) is 9.59 Å². The zero-order valence-corrected chi connectivity index (χ0v) is 12.6. The number of carbonyl (C=O) groups is 2. The third kappa shape index (κ3) is 3.18. The number of aromatic nitrogens is 3.